The lowest BCUT2D eigenvalue weighted by molar-refractivity contribution is 0.0941. The van der Waals surface area contributed by atoms with Gasteiger partial charge in [-0.2, -0.15) is 0 Å². The summed E-state index contributed by atoms with van der Waals surface area (Å²) in [5.41, 5.74) is 0.0562. The van der Waals surface area contributed by atoms with E-state index in [1.165, 1.54) is 25.7 Å². The number of benzene rings is 1. The van der Waals surface area contributed by atoms with Gasteiger partial charge >= 0.3 is 0 Å². The Morgan fingerprint density at radius 2 is 1.89 bits per heavy atom. The monoisotopic (exact) mass is 265 g/mol. The van der Waals surface area contributed by atoms with E-state index in [4.69, 9.17) is 0 Å². The molecule has 2 fully saturated rings. The first-order valence-electron chi connectivity index (χ1n) is 6.86. The first-order chi connectivity index (χ1) is 9.11. The second kappa shape index (κ2) is 4.91. The predicted molar refractivity (Wildman–Crippen MR) is 67.6 cm³/mol. The predicted octanol–water partition coefficient (Wildman–Crippen LogP) is 3.13. The summed E-state index contributed by atoms with van der Waals surface area (Å²) < 4.78 is 26.1. The zero-order valence-electron chi connectivity index (χ0n) is 10.7. The molecule has 2 aliphatic rings. The molecule has 2 saturated carbocycles. The van der Waals surface area contributed by atoms with Gasteiger partial charge in [-0.15, -0.1) is 0 Å². The molecule has 0 saturated heterocycles. The number of carbonyl (C=O) groups excluding carboxylic acids is 1. The van der Waals surface area contributed by atoms with Gasteiger partial charge in [0.2, 0.25) is 0 Å². The number of fused-ring (bicyclic) bond motifs is 2. The number of amides is 1. The average Bonchev–Trinajstić information content (AvgIpc) is 2.96. The third-order valence-electron chi connectivity index (χ3n) is 4.53. The molecule has 2 nitrogen and oxygen atoms in total. The standard InChI is InChI=1S/C15H17F2NO/c16-13-5-11(6-14(17)7-13)15(19)18-8-12-4-9-1-2-10(12)3-9/h5-7,9-10,12H,1-4,8H2,(H,18,19)/t9-,10-,12+/m0/s1. The van der Waals surface area contributed by atoms with Crippen LogP contribution in [0.4, 0.5) is 8.78 Å². The second-order valence-corrected chi connectivity index (χ2v) is 5.80. The summed E-state index contributed by atoms with van der Waals surface area (Å²) in [6.45, 7) is 0.623. The van der Waals surface area contributed by atoms with Crippen LogP contribution in [0.3, 0.4) is 0 Å². The Bertz CT molecular complexity index is 483. The van der Waals surface area contributed by atoms with Gasteiger partial charge in [-0.05, 0) is 49.1 Å². The molecule has 4 heteroatoms. The smallest absolute Gasteiger partial charge is 0.251 e. The first kappa shape index (κ1) is 12.6. The summed E-state index contributed by atoms with van der Waals surface area (Å²) in [6.07, 6.45) is 5.06. The molecule has 1 amide bonds. The summed E-state index contributed by atoms with van der Waals surface area (Å²) >= 11 is 0. The van der Waals surface area contributed by atoms with E-state index >= 15 is 0 Å². The highest BCUT2D eigenvalue weighted by atomic mass is 19.1. The van der Waals surface area contributed by atoms with Crippen molar-refractivity contribution >= 4 is 5.91 Å². The third-order valence-corrected chi connectivity index (χ3v) is 4.53. The number of carbonyl (C=O) groups is 1. The van der Waals surface area contributed by atoms with E-state index in [0.717, 1.165) is 30.0 Å². The maximum Gasteiger partial charge on any atom is 0.251 e. The Kier molecular flexibility index (Phi) is 3.25. The zero-order valence-corrected chi connectivity index (χ0v) is 10.7. The number of halogens is 2. The van der Waals surface area contributed by atoms with Crippen molar-refractivity contribution in [2.45, 2.75) is 25.7 Å². The minimum absolute atomic E-state index is 0.0562. The highest BCUT2D eigenvalue weighted by Gasteiger charge is 2.39. The molecular weight excluding hydrogens is 248 g/mol. The molecule has 2 aliphatic carbocycles. The van der Waals surface area contributed by atoms with Crippen LogP contribution < -0.4 is 5.32 Å². The summed E-state index contributed by atoms with van der Waals surface area (Å²) in [7, 11) is 0. The van der Waals surface area contributed by atoms with E-state index in [0.29, 0.717) is 12.5 Å². The van der Waals surface area contributed by atoms with Crippen molar-refractivity contribution in [1.82, 2.24) is 5.32 Å². The van der Waals surface area contributed by atoms with Crippen LogP contribution in [0.2, 0.25) is 0 Å². The lowest BCUT2D eigenvalue weighted by Gasteiger charge is -2.21. The van der Waals surface area contributed by atoms with Gasteiger partial charge in [0.15, 0.2) is 0 Å². The van der Waals surface area contributed by atoms with Gasteiger partial charge in [0.25, 0.3) is 5.91 Å². The molecule has 1 aromatic carbocycles. The van der Waals surface area contributed by atoms with Gasteiger partial charge in [-0.25, -0.2) is 8.78 Å². The van der Waals surface area contributed by atoms with Crippen LogP contribution in [-0.4, -0.2) is 12.5 Å². The molecule has 19 heavy (non-hydrogen) atoms. The summed E-state index contributed by atoms with van der Waals surface area (Å²) in [4.78, 5) is 11.9. The third kappa shape index (κ3) is 2.62. The maximum atomic E-state index is 13.0. The Morgan fingerprint density at radius 3 is 2.47 bits per heavy atom. The lowest BCUT2D eigenvalue weighted by Crippen LogP contribution is -2.31. The van der Waals surface area contributed by atoms with Crippen molar-refractivity contribution in [3.05, 3.63) is 35.4 Å². The highest BCUT2D eigenvalue weighted by molar-refractivity contribution is 5.94. The molecule has 1 N–H and O–H groups in total. The van der Waals surface area contributed by atoms with E-state index < -0.39 is 11.6 Å². The van der Waals surface area contributed by atoms with Crippen molar-refractivity contribution in [3.8, 4) is 0 Å². The number of nitrogens with one attached hydrogen (secondary N) is 1. The lowest BCUT2D eigenvalue weighted by atomic mass is 9.89. The minimum Gasteiger partial charge on any atom is -0.352 e. The molecule has 0 aliphatic heterocycles. The molecule has 0 unspecified atom stereocenters. The summed E-state index contributed by atoms with van der Waals surface area (Å²) in [6, 6.07) is 2.91. The second-order valence-electron chi connectivity index (χ2n) is 5.80. The van der Waals surface area contributed by atoms with Crippen LogP contribution in [0, 0.1) is 29.4 Å². The molecule has 0 heterocycles. The van der Waals surface area contributed by atoms with Gasteiger partial charge in [0.1, 0.15) is 11.6 Å². The number of hydrogen-bond acceptors (Lipinski definition) is 1. The van der Waals surface area contributed by atoms with Crippen LogP contribution in [0.25, 0.3) is 0 Å². The Labute approximate surface area is 111 Å². The summed E-state index contributed by atoms with van der Waals surface area (Å²) in [5, 5.41) is 2.81. The van der Waals surface area contributed by atoms with Crippen LogP contribution in [0.1, 0.15) is 36.0 Å². The van der Waals surface area contributed by atoms with Crippen molar-refractivity contribution < 1.29 is 13.6 Å². The zero-order chi connectivity index (χ0) is 13.4. The molecule has 0 radical (unpaired) electrons. The fraction of sp³-hybridized carbons (Fsp3) is 0.533. The Balaban J connectivity index is 1.59. The van der Waals surface area contributed by atoms with Crippen LogP contribution in [0.5, 0.6) is 0 Å². The van der Waals surface area contributed by atoms with Crippen molar-refractivity contribution in [3.63, 3.8) is 0 Å². The van der Waals surface area contributed by atoms with Crippen molar-refractivity contribution in [2.75, 3.05) is 6.54 Å². The molecule has 0 spiro atoms. The van der Waals surface area contributed by atoms with E-state index in [1.807, 2.05) is 0 Å². The van der Waals surface area contributed by atoms with Crippen molar-refractivity contribution in [2.24, 2.45) is 17.8 Å². The van der Waals surface area contributed by atoms with Crippen LogP contribution in [0.15, 0.2) is 18.2 Å². The van der Waals surface area contributed by atoms with E-state index in [-0.39, 0.29) is 11.5 Å². The topological polar surface area (TPSA) is 29.1 Å². The molecule has 102 valence electrons. The normalized spacial score (nSPS) is 28.6. The summed E-state index contributed by atoms with van der Waals surface area (Å²) in [5.74, 6) is 0.283. The van der Waals surface area contributed by atoms with Crippen LogP contribution in [-0.2, 0) is 0 Å². The van der Waals surface area contributed by atoms with Crippen LogP contribution >= 0.6 is 0 Å². The van der Waals surface area contributed by atoms with Gasteiger partial charge in [-0.3, -0.25) is 4.79 Å². The highest BCUT2D eigenvalue weighted by Crippen LogP contribution is 2.47. The number of hydrogen-bond donors (Lipinski definition) is 1. The van der Waals surface area contributed by atoms with E-state index in [1.54, 1.807) is 0 Å². The van der Waals surface area contributed by atoms with E-state index in [9.17, 15) is 13.6 Å². The minimum atomic E-state index is -0.718. The molecule has 3 atom stereocenters. The van der Waals surface area contributed by atoms with Gasteiger partial charge < -0.3 is 5.32 Å². The van der Waals surface area contributed by atoms with Gasteiger partial charge in [0, 0.05) is 18.2 Å². The Morgan fingerprint density at radius 1 is 1.16 bits per heavy atom. The molecule has 3 rings (SSSR count). The molecule has 1 aromatic rings. The molecule has 0 aromatic heterocycles. The quantitative estimate of drug-likeness (QED) is 0.893. The number of rotatable bonds is 3. The van der Waals surface area contributed by atoms with Gasteiger partial charge in [-0.1, -0.05) is 6.42 Å². The molecular formula is C15H17F2NO. The fourth-order valence-electron chi connectivity index (χ4n) is 3.64. The first-order valence-corrected chi connectivity index (χ1v) is 6.86. The van der Waals surface area contributed by atoms with E-state index in [2.05, 4.69) is 5.32 Å². The van der Waals surface area contributed by atoms with Crippen molar-refractivity contribution in [1.29, 1.82) is 0 Å². The maximum absolute atomic E-state index is 13.0. The van der Waals surface area contributed by atoms with Gasteiger partial charge in [0.05, 0.1) is 0 Å². The fourth-order valence-corrected chi connectivity index (χ4v) is 3.64. The largest absolute Gasteiger partial charge is 0.352 e. The SMILES string of the molecule is O=C(NC[C@H]1C[C@H]2CC[C@H]1C2)c1cc(F)cc(F)c1. The average molecular weight is 265 g/mol. The Hall–Kier alpha value is -1.45. The molecule has 2 bridgehead atoms.